The number of hydrogen-bond acceptors (Lipinski definition) is 7. The summed E-state index contributed by atoms with van der Waals surface area (Å²) in [6, 6.07) is 43.2. The molecule has 10 heteroatoms. The smallest absolute Gasteiger partial charge is 0.341 e. The Morgan fingerprint density at radius 1 is 0.704 bits per heavy atom. The van der Waals surface area contributed by atoms with Crippen LogP contribution in [-0.4, -0.2) is 73.3 Å². The van der Waals surface area contributed by atoms with Gasteiger partial charge in [-0.05, 0) is 111 Å². The lowest BCUT2D eigenvalue weighted by Gasteiger charge is -2.46. The normalized spacial score (nSPS) is 21.8. The summed E-state index contributed by atoms with van der Waals surface area (Å²) >= 11 is 0. The molecule has 1 fully saturated rings. The van der Waals surface area contributed by atoms with Crippen LogP contribution >= 0.6 is 0 Å². The minimum absolute atomic E-state index is 0.0184. The Labute approximate surface area is 493 Å². The Hall–Kier alpha value is -4.50. The number of hydrogen-bond donors (Lipinski definition) is 1. The van der Waals surface area contributed by atoms with Gasteiger partial charge in [-0.15, -0.1) is 0 Å². The van der Waals surface area contributed by atoms with Gasteiger partial charge >= 0.3 is 5.97 Å². The molecule has 6 rings (SSSR count). The average molecular weight is 1150 g/mol. The Kier molecular flexibility index (Phi) is 21.6. The van der Waals surface area contributed by atoms with Gasteiger partial charge in [-0.25, -0.2) is 4.79 Å². The van der Waals surface area contributed by atoms with Crippen LogP contribution < -0.4 is 20.7 Å². The Balaban J connectivity index is 1.38. The van der Waals surface area contributed by atoms with E-state index >= 15 is 0 Å². The lowest BCUT2D eigenvalue weighted by Crippen LogP contribution is -2.68. The topological polar surface area (TPSA) is 83.5 Å². The largest absolute Gasteiger partial charge is 0.433 e. The van der Waals surface area contributed by atoms with Gasteiger partial charge < -0.3 is 27.9 Å². The van der Waals surface area contributed by atoms with E-state index in [4.69, 9.17) is 22.8 Å². The average Bonchev–Trinajstić information content (AvgIpc) is 4.05. The molecule has 0 bridgehead atoms. The summed E-state index contributed by atoms with van der Waals surface area (Å²) < 4.78 is 36.0. The van der Waals surface area contributed by atoms with Crippen molar-refractivity contribution < 1.29 is 32.7 Å². The molecule has 4 aromatic carbocycles. The summed E-state index contributed by atoms with van der Waals surface area (Å²) in [4.78, 5) is 14.6. The van der Waals surface area contributed by atoms with Gasteiger partial charge in [0.1, 0.15) is 0 Å². The number of cyclic esters (lactones) is 1. The van der Waals surface area contributed by atoms with Gasteiger partial charge in [0, 0.05) is 17.9 Å². The highest BCUT2D eigenvalue weighted by Crippen LogP contribution is 2.49. The summed E-state index contributed by atoms with van der Waals surface area (Å²) in [5, 5.41) is 14.7. The molecule has 0 unspecified atom stereocenters. The van der Waals surface area contributed by atoms with Crippen LogP contribution in [0, 0.1) is 29.1 Å². The highest BCUT2D eigenvalue weighted by Gasteiger charge is 2.60. The van der Waals surface area contributed by atoms with E-state index in [1.807, 2.05) is 0 Å². The molecular formula is C71H102O7Si3. The van der Waals surface area contributed by atoms with E-state index in [9.17, 15) is 9.90 Å². The predicted octanol–water partition coefficient (Wildman–Crippen LogP) is 15.2. The van der Waals surface area contributed by atoms with Crippen molar-refractivity contribution in [3.05, 3.63) is 181 Å². The van der Waals surface area contributed by atoms with E-state index in [2.05, 4.69) is 295 Å². The molecular weight excluding hydrogens is 1050 g/mol. The first kappa shape index (κ1) is 65.7. The van der Waals surface area contributed by atoms with Gasteiger partial charge in [0.25, 0.3) is 16.6 Å². The van der Waals surface area contributed by atoms with Gasteiger partial charge in [0.2, 0.25) is 6.29 Å². The summed E-state index contributed by atoms with van der Waals surface area (Å²) in [7, 11) is -8.11. The summed E-state index contributed by atoms with van der Waals surface area (Å²) in [6.45, 7) is 43.1. The molecule has 0 aromatic heterocycles. The van der Waals surface area contributed by atoms with Crippen molar-refractivity contribution >= 4 is 51.7 Å². The molecule has 1 aliphatic heterocycles. The first-order valence-corrected chi connectivity index (χ1v) is 36.7. The van der Waals surface area contributed by atoms with Crippen LogP contribution in [0.5, 0.6) is 0 Å². The number of esters is 1. The second-order valence-corrected chi connectivity index (χ2v) is 41.7. The fourth-order valence-electron chi connectivity index (χ4n) is 11.8. The van der Waals surface area contributed by atoms with Crippen LogP contribution in [0.1, 0.15) is 137 Å². The molecule has 8 atom stereocenters. The molecule has 0 radical (unpaired) electrons. The maximum Gasteiger partial charge on any atom is 0.341 e. The van der Waals surface area contributed by atoms with Gasteiger partial charge in [0.15, 0.2) is 13.9 Å². The van der Waals surface area contributed by atoms with Crippen molar-refractivity contribution in [2.24, 2.45) is 29.1 Å². The molecule has 4 aromatic rings. The van der Waals surface area contributed by atoms with Gasteiger partial charge in [-0.2, -0.15) is 0 Å². The quantitative estimate of drug-likeness (QED) is 0.0363. The maximum atomic E-state index is 14.6. The molecule has 1 heterocycles. The monoisotopic (exact) mass is 1150 g/mol. The van der Waals surface area contributed by atoms with Crippen molar-refractivity contribution in [2.45, 2.75) is 189 Å². The Bertz CT molecular complexity index is 2730. The van der Waals surface area contributed by atoms with E-state index in [1.165, 1.54) is 20.7 Å². The molecule has 0 saturated carbocycles. The van der Waals surface area contributed by atoms with E-state index in [0.29, 0.717) is 19.4 Å². The first-order valence-electron chi connectivity index (χ1n) is 29.9. The first-order chi connectivity index (χ1) is 37.8. The number of aliphatic hydroxyl groups is 1. The van der Waals surface area contributed by atoms with Crippen LogP contribution in [0.4, 0.5) is 0 Å². The van der Waals surface area contributed by atoms with Crippen molar-refractivity contribution in [1.82, 2.24) is 0 Å². The molecule has 81 heavy (non-hydrogen) atoms. The van der Waals surface area contributed by atoms with Crippen LogP contribution in [0.3, 0.4) is 0 Å². The van der Waals surface area contributed by atoms with Gasteiger partial charge in [0.05, 0.1) is 18.8 Å². The minimum atomic E-state index is -2.89. The lowest BCUT2D eigenvalue weighted by molar-refractivity contribution is -0.158. The standard InChI is InChI=1S/C71H102O7Si3/c1-52(34-32-33-43-63(54(3)46-53(2)50-72)78-81(70(15,16)17,61-39-28-22-29-40-61)62-41-30-23-31-42-62)44-45-64(77-79(18,19)68(9,10)11)55(4)47-58-48-57(56(5)49-71(58)65(73)75-66(76-71)67(6,7)8)51-74-80(69(12,13)14,59-35-24-20-25-36-59)60-37-26-21-27-38-60/h20-44,47-48,53-54,56,58,63-64,66,72H,45-46,49-51H2,1-19H3/b34-32+,43-33+,52-44+,55-47+/t53-,54+,56+,58+,63+,64-,66-,71-/m0/s1. The lowest BCUT2D eigenvalue weighted by atomic mass is 9.71. The molecule has 7 nitrogen and oxygen atoms in total. The van der Waals surface area contributed by atoms with Crippen LogP contribution in [0.15, 0.2) is 181 Å². The number of allylic oxidation sites excluding steroid dienone is 4. The molecule has 0 amide bonds. The van der Waals surface area contributed by atoms with Gasteiger partial charge in [-0.1, -0.05) is 273 Å². The zero-order chi connectivity index (χ0) is 59.8. The summed E-state index contributed by atoms with van der Waals surface area (Å²) in [5.41, 5.74) is 1.69. The number of carbonyl (C=O) groups excluding carboxylic acids is 1. The fourth-order valence-corrected chi connectivity index (χ4v) is 22.4. The molecule has 1 N–H and O–H groups in total. The Morgan fingerprint density at radius 2 is 1.19 bits per heavy atom. The molecule has 440 valence electrons. The van der Waals surface area contributed by atoms with Crippen LogP contribution in [-0.2, 0) is 27.5 Å². The van der Waals surface area contributed by atoms with E-state index in [1.54, 1.807) is 0 Å². The van der Waals surface area contributed by atoms with Crippen molar-refractivity contribution in [2.75, 3.05) is 13.2 Å². The third-order valence-corrected chi connectivity index (χ3v) is 32.1. The van der Waals surface area contributed by atoms with E-state index < -0.39 is 48.2 Å². The second kappa shape index (κ2) is 26.6. The predicted molar refractivity (Wildman–Crippen MR) is 347 cm³/mol. The van der Waals surface area contributed by atoms with Gasteiger partial charge in [-0.3, -0.25) is 0 Å². The molecule has 2 aliphatic rings. The maximum absolute atomic E-state index is 14.6. The van der Waals surface area contributed by atoms with Crippen LogP contribution in [0.2, 0.25) is 28.2 Å². The zero-order valence-corrected chi connectivity index (χ0v) is 56.1. The number of carbonyl (C=O) groups is 1. The SMILES string of the molecule is CC(/C=C/C=C/[C@@H](O[Si](c1ccccc1)(c1ccccc1)C(C)(C)C)[C@H](C)C[C@H](C)CO)=C\C[C@H](O[Si](C)(C)C(C)(C)C)/C(C)=C/[C@@H]1C=C(CO[Si](c2ccccc2)(c2ccccc2)C(C)(C)C)[C@H](C)C[C@]12O[C@@H](C(C)(C)C)OC2=O. The van der Waals surface area contributed by atoms with Crippen molar-refractivity contribution in [3.63, 3.8) is 0 Å². The third kappa shape index (κ3) is 15.1. The van der Waals surface area contributed by atoms with Crippen molar-refractivity contribution in [1.29, 1.82) is 0 Å². The Morgan fingerprint density at radius 3 is 1.62 bits per heavy atom. The highest BCUT2D eigenvalue weighted by molar-refractivity contribution is 7.00. The summed E-state index contributed by atoms with van der Waals surface area (Å²) in [5.74, 6) is -0.485. The molecule has 1 saturated heterocycles. The highest BCUT2D eigenvalue weighted by atomic mass is 28.4. The van der Waals surface area contributed by atoms with E-state index in [0.717, 1.165) is 23.1 Å². The number of aliphatic hydroxyl groups excluding tert-OH is 1. The molecule has 1 spiro atoms. The zero-order valence-electron chi connectivity index (χ0n) is 53.1. The van der Waals surface area contributed by atoms with Crippen molar-refractivity contribution in [3.8, 4) is 0 Å². The number of ether oxygens (including phenoxy) is 2. The minimum Gasteiger partial charge on any atom is -0.433 e. The molecule has 1 aliphatic carbocycles. The number of benzene rings is 4. The second-order valence-electron chi connectivity index (χ2n) is 28.4. The van der Waals surface area contributed by atoms with Crippen LogP contribution in [0.25, 0.3) is 0 Å². The van der Waals surface area contributed by atoms with E-state index in [-0.39, 0.29) is 57.7 Å². The fraction of sp³-hybridized carbons (Fsp3) is 0.507. The third-order valence-electron chi connectivity index (χ3n) is 17.6. The number of rotatable bonds is 22. The summed E-state index contributed by atoms with van der Waals surface area (Å²) in [6.07, 6.45) is 16.3.